The van der Waals surface area contributed by atoms with Crippen molar-refractivity contribution in [1.82, 2.24) is 9.80 Å². The molecule has 0 bridgehead atoms. The van der Waals surface area contributed by atoms with Gasteiger partial charge in [0.05, 0.1) is 13.2 Å². The number of carbonyl (C=O) groups excluding carboxylic acids is 1. The minimum Gasteiger partial charge on any atom is -0.378 e. The molecular formula is C18H26N4O2. The molecule has 0 unspecified atom stereocenters. The molecule has 1 amide bonds. The minimum atomic E-state index is 0.0719. The lowest BCUT2D eigenvalue weighted by atomic mass is 10.1. The number of anilines is 1. The van der Waals surface area contributed by atoms with Crippen LogP contribution in [0.1, 0.15) is 19.3 Å². The van der Waals surface area contributed by atoms with Crippen molar-refractivity contribution >= 4 is 17.6 Å². The quantitative estimate of drug-likeness (QED) is 0.678. The monoisotopic (exact) mass is 330 g/mol. The van der Waals surface area contributed by atoms with E-state index < -0.39 is 0 Å². The summed E-state index contributed by atoms with van der Waals surface area (Å²) in [6.07, 6.45) is 3.61. The predicted octanol–water partition coefficient (Wildman–Crippen LogP) is 1.80. The highest BCUT2D eigenvalue weighted by Crippen LogP contribution is 2.12. The van der Waals surface area contributed by atoms with Crippen molar-refractivity contribution in [2.75, 3.05) is 51.3 Å². The van der Waals surface area contributed by atoms with Crippen LogP contribution in [0.2, 0.25) is 0 Å². The number of hydrogen-bond donors (Lipinski definition) is 1. The summed E-state index contributed by atoms with van der Waals surface area (Å²) in [5, 5.41) is 3.39. The Morgan fingerprint density at radius 3 is 2.42 bits per heavy atom. The second-order valence-corrected chi connectivity index (χ2v) is 6.17. The van der Waals surface area contributed by atoms with Gasteiger partial charge in [0, 0.05) is 31.9 Å². The van der Waals surface area contributed by atoms with Gasteiger partial charge in [-0.15, -0.1) is 0 Å². The summed E-state index contributed by atoms with van der Waals surface area (Å²) in [5.74, 6) is 0.880. The van der Waals surface area contributed by atoms with E-state index in [9.17, 15) is 4.79 Å². The highest BCUT2D eigenvalue weighted by atomic mass is 16.5. The Bertz CT molecular complexity index is 549. The zero-order valence-electron chi connectivity index (χ0n) is 14.1. The Balaban J connectivity index is 1.66. The molecule has 6 heteroatoms. The second kappa shape index (κ2) is 8.68. The van der Waals surface area contributed by atoms with Gasteiger partial charge in [-0.1, -0.05) is 18.2 Å². The zero-order chi connectivity index (χ0) is 16.6. The Kier molecular flexibility index (Phi) is 6.07. The Hall–Kier alpha value is -2.08. The molecule has 0 aliphatic carbocycles. The van der Waals surface area contributed by atoms with E-state index in [1.165, 1.54) is 19.3 Å². The van der Waals surface area contributed by atoms with E-state index >= 15 is 0 Å². The number of nitrogens with one attached hydrogen (secondary N) is 1. The van der Waals surface area contributed by atoms with E-state index in [0.717, 1.165) is 24.7 Å². The van der Waals surface area contributed by atoms with Crippen LogP contribution >= 0.6 is 0 Å². The van der Waals surface area contributed by atoms with E-state index in [4.69, 9.17) is 4.74 Å². The number of guanidine groups is 1. The molecule has 0 radical (unpaired) electrons. The van der Waals surface area contributed by atoms with Gasteiger partial charge in [0.1, 0.15) is 6.54 Å². The molecule has 0 saturated carbocycles. The maximum Gasteiger partial charge on any atom is 0.244 e. The van der Waals surface area contributed by atoms with Crippen molar-refractivity contribution in [1.29, 1.82) is 0 Å². The lowest BCUT2D eigenvalue weighted by Crippen LogP contribution is -2.43. The normalized spacial score (nSPS) is 19.2. The topological polar surface area (TPSA) is 57.2 Å². The summed E-state index contributed by atoms with van der Waals surface area (Å²) in [4.78, 5) is 21.1. The summed E-state index contributed by atoms with van der Waals surface area (Å²) in [5.41, 5.74) is 1.00. The molecule has 2 aliphatic heterocycles. The third-order valence-corrected chi connectivity index (χ3v) is 4.41. The number of rotatable bonds is 3. The Morgan fingerprint density at radius 1 is 1.00 bits per heavy atom. The van der Waals surface area contributed by atoms with Gasteiger partial charge in [0.15, 0.2) is 5.96 Å². The standard InChI is InChI=1S/C18H26N4O2/c23-17(21-11-13-24-14-12-21)15-19-18(22-9-5-2-6-10-22)20-16-7-3-1-4-8-16/h1,3-4,7-8H,2,5-6,9-15H2,(H,19,20). The number of morpholine rings is 1. The Morgan fingerprint density at radius 2 is 1.71 bits per heavy atom. The van der Waals surface area contributed by atoms with Gasteiger partial charge in [-0.25, -0.2) is 4.99 Å². The maximum absolute atomic E-state index is 12.4. The number of aliphatic imine (C=N–C) groups is 1. The van der Waals surface area contributed by atoms with E-state index in [1.54, 1.807) is 0 Å². The molecule has 2 fully saturated rings. The highest BCUT2D eigenvalue weighted by molar-refractivity contribution is 5.95. The van der Waals surface area contributed by atoms with Gasteiger partial charge in [-0.05, 0) is 31.4 Å². The van der Waals surface area contributed by atoms with Gasteiger partial charge < -0.3 is 19.9 Å². The number of likely N-dealkylation sites (tertiary alicyclic amines) is 1. The fourth-order valence-electron chi connectivity index (χ4n) is 3.03. The first-order valence-electron chi connectivity index (χ1n) is 8.80. The third kappa shape index (κ3) is 4.71. The largest absolute Gasteiger partial charge is 0.378 e. The number of ether oxygens (including phenoxy) is 1. The fraction of sp³-hybridized carbons (Fsp3) is 0.556. The molecule has 6 nitrogen and oxygen atoms in total. The molecule has 0 aromatic heterocycles. The molecule has 2 saturated heterocycles. The van der Waals surface area contributed by atoms with Crippen LogP contribution in [-0.2, 0) is 9.53 Å². The van der Waals surface area contributed by atoms with Gasteiger partial charge in [-0.3, -0.25) is 4.79 Å². The first-order valence-corrected chi connectivity index (χ1v) is 8.80. The minimum absolute atomic E-state index is 0.0719. The van der Waals surface area contributed by atoms with E-state index in [1.807, 2.05) is 35.2 Å². The van der Waals surface area contributed by atoms with Crippen LogP contribution in [0.15, 0.2) is 35.3 Å². The summed E-state index contributed by atoms with van der Waals surface area (Å²) in [7, 11) is 0. The van der Waals surface area contributed by atoms with Crippen molar-refractivity contribution in [2.24, 2.45) is 4.99 Å². The Labute approximate surface area is 143 Å². The van der Waals surface area contributed by atoms with Gasteiger partial charge >= 0.3 is 0 Å². The van der Waals surface area contributed by atoms with Crippen LogP contribution in [0, 0.1) is 0 Å². The van der Waals surface area contributed by atoms with Crippen LogP contribution in [0.4, 0.5) is 5.69 Å². The molecular weight excluding hydrogens is 304 g/mol. The smallest absolute Gasteiger partial charge is 0.244 e. The first-order chi connectivity index (χ1) is 11.8. The molecule has 1 aromatic rings. The average Bonchev–Trinajstić information content (AvgIpc) is 2.67. The molecule has 0 atom stereocenters. The SMILES string of the molecule is O=C(CN=C(Nc1ccccc1)N1CCCCC1)N1CCOCC1. The fourth-order valence-corrected chi connectivity index (χ4v) is 3.03. The van der Waals surface area contributed by atoms with Crippen molar-refractivity contribution in [3.63, 3.8) is 0 Å². The van der Waals surface area contributed by atoms with Crippen molar-refractivity contribution < 1.29 is 9.53 Å². The van der Waals surface area contributed by atoms with Crippen molar-refractivity contribution in [3.8, 4) is 0 Å². The van der Waals surface area contributed by atoms with E-state index in [0.29, 0.717) is 26.3 Å². The van der Waals surface area contributed by atoms with Crippen LogP contribution in [0.25, 0.3) is 0 Å². The molecule has 0 spiro atoms. The summed E-state index contributed by atoms with van der Waals surface area (Å²) >= 11 is 0. The van der Waals surface area contributed by atoms with Crippen LogP contribution in [0.3, 0.4) is 0 Å². The number of hydrogen-bond acceptors (Lipinski definition) is 3. The maximum atomic E-state index is 12.4. The lowest BCUT2D eigenvalue weighted by Gasteiger charge is -2.31. The summed E-state index contributed by atoms with van der Waals surface area (Å²) < 4.78 is 5.30. The molecule has 3 rings (SSSR count). The first kappa shape index (κ1) is 16.8. The summed E-state index contributed by atoms with van der Waals surface area (Å²) in [6.45, 7) is 4.74. The zero-order valence-corrected chi connectivity index (χ0v) is 14.1. The molecule has 24 heavy (non-hydrogen) atoms. The highest BCUT2D eigenvalue weighted by Gasteiger charge is 2.19. The van der Waals surface area contributed by atoms with Gasteiger partial charge in [0.2, 0.25) is 5.91 Å². The molecule has 2 heterocycles. The third-order valence-electron chi connectivity index (χ3n) is 4.41. The number of amides is 1. The number of carbonyl (C=O) groups is 1. The number of benzene rings is 1. The van der Waals surface area contributed by atoms with E-state index in [2.05, 4.69) is 15.2 Å². The van der Waals surface area contributed by atoms with Gasteiger partial charge in [0.25, 0.3) is 0 Å². The lowest BCUT2D eigenvalue weighted by molar-refractivity contribution is -0.133. The number of para-hydroxylation sites is 1. The number of nitrogens with zero attached hydrogens (tertiary/aromatic N) is 3. The molecule has 130 valence electrons. The van der Waals surface area contributed by atoms with Gasteiger partial charge in [-0.2, -0.15) is 0 Å². The second-order valence-electron chi connectivity index (χ2n) is 6.17. The number of piperidine rings is 1. The van der Waals surface area contributed by atoms with Crippen LogP contribution < -0.4 is 5.32 Å². The average molecular weight is 330 g/mol. The van der Waals surface area contributed by atoms with Crippen LogP contribution in [0.5, 0.6) is 0 Å². The molecule has 2 aliphatic rings. The summed E-state index contributed by atoms with van der Waals surface area (Å²) in [6, 6.07) is 10.0. The van der Waals surface area contributed by atoms with Crippen molar-refractivity contribution in [2.45, 2.75) is 19.3 Å². The van der Waals surface area contributed by atoms with Crippen LogP contribution in [-0.4, -0.2) is 67.6 Å². The molecule has 1 N–H and O–H groups in total. The van der Waals surface area contributed by atoms with Crippen molar-refractivity contribution in [3.05, 3.63) is 30.3 Å². The predicted molar refractivity (Wildman–Crippen MR) is 95.2 cm³/mol. The van der Waals surface area contributed by atoms with E-state index in [-0.39, 0.29) is 12.5 Å². The molecule has 1 aromatic carbocycles.